The van der Waals surface area contributed by atoms with Crippen LogP contribution in [0.3, 0.4) is 0 Å². The van der Waals surface area contributed by atoms with Gasteiger partial charge in [-0.05, 0) is 17.4 Å². The first kappa shape index (κ1) is 16.7. The van der Waals surface area contributed by atoms with Gasteiger partial charge in [0.05, 0.1) is 6.61 Å². The molecule has 3 N–H and O–H groups in total. The predicted octanol–water partition coefficient (Wildman–Crippen LogP) is 2.26. The Labute approximate surface area is 121 Å². The average Bonchev–Trinajstić information content (AvgIpc) is 2.36. The van der Waals surface area contributed by atoms with Crippen molar-refractivity contribution in [2.24, 2.45) is 11.1 Å². The van der Waals surface area contributed by atoms with Crippen molar-refractivity contribution in [2.75, 3.05) is 19.8 Å². The van der Waals surface area contributed by atoms with Gasteiger partial charge >= 0.3 is 0 Å². The van der Waals surface area contributed by atoms with Crippen molar-refractivity contribution in [3.05, 3.63) is 35.9 Å². The normalized spacial score (nSPS) is 13.2. The minimum Gasteiger partial charge on any atom is -0.370 e. The van der Waals surface area contributed by atoms with E-state index in [1.54, 1.807) is 0 Å². The quantitative estimate of drug-likeness (QED) is 0.717. The molecule has 1 atom stereocenters. The molecule has 4 nitrogen and oxygen atoms in total. The Balaban J connectivity index is 2.49. The highest BCUT2D eigenvalue weighted by atomic mass is 16.5. The highest BCUT2D eigenvalue weighted by molar-refractivity contribution is 5.74. The summed E-state index contributed by atoms with van der Waals surface area (Å²) in [4.78, 5) is 10.6. The first-order chi connectivity index (χ1) is 9.38. The molecule has 4 heteroatoms. The minimum atomic E-state index is -0.431. The third-order valence-corrected chi connectivity index (χ3v) is 2.90. The van der Waals surface area contributed by atoms with Crippen LogP contribution in [-0.4, -0.2) is 25.7 Å². The van der Waals surface area contributed by atoms with Crippen LogP contribution in [0, 0.1) is 5.41 Å². The van der Waals surface area contributed by atoms with E-state index in [0.29, 0.717) is 13.2 Å². The molecule has 1 unspecified atom stereocenters. The summed E-state index contributed by atoms with van der Waals surface area (Å²) in [6.45, 7) is 7.85. The maximum absolute atomic E-state index is 10.6. The Morgan fingerprint density at radius 3 is 2.50 bits per heavy atom. The van der Waals surface area contributed by atoms with E-state index in [4.69, 9.17) is 10.5 Å². The van der Waals surface area contributed by atoms with Gasteiger partial charge in [-0.15, -0.1) is 0 Å². The standard InChI is InChI=1S/C16H26N2O2/c1-16(2,3)11-14(13-7-5-4-6-8-13)18-9-10-20-12-15(17)19/h4-8,14,18H,9-12H2,1-3H3,(H2,17,19). The lowest BCUT2D eigenvalue weighted by Crippen LogP contribution is -2.29. The molecule has 0 spiro atoms. The fraction of sp³-hybridized carbons (Fsp3) is 0.562. The number of nitrogens with one attached hydrogen (secondary N) is 1. The number of hydrogen-bond acceptors (Lipinski definition) is 3. The van der Waals surface area contributed by atoms with Gasteiger partial charge in [-0.1, -0.05) is 51.1 Å². The molecule has 0 fully saturated rings. The van der Waals surface area contributed by atoms with Crippen molar-refractivity contribution in [1.29, 1.82) is 0 Å². The van der Waals surface area contributed by atoms with Crippen molar-refractivity contribution in [1.82, 2.24) is 5.32 Å². The van der Waals surface area contributed by atoms with Gasteiger partial charge in [-0.2, -0.15) is 0 Å². The van der Waals surface area contributed by atoms with Crippen LogP contribution in [-0.2, 0) is 9.53 Å². The number of amides is 1. The number of primary amides is 1. The molecular weight excluding hydrogens is 252 g/mol. The van der Waals surface area contributed by atoms with E-state index in [1.165, 1.54) is 5.56 Å². The molecular formula is C16H26N2O2. The molecule has 1 aromatic rings. The number of rotatable bonds is 8. The molecule has 0 saturated heterocycles. The Hall–Kier alpha value is -1.39. The Bertz CT molecular complexity index is 399. The van der Waals surface area contributed by atoms with Crippen molar-refractivity contribution in [2.45, 2.75) is 33.2 Å². The smallest absolute Gasteiger partial charge is 0.243 e. The number of benzene rings is 1. The zero-order valence-corrected chi connectivity index (χ0v) is 12.7. The van der Waals surface area contributed by atoms with Gasteiger partial charge in [0.15, 0.2) is 0 Å². The van der Waals surface area contributed by atoms with Crippen molar-refractivity contribution < 1.29 is 9.53 Å². The number of hydrogen-bond donors (Lipinski definition) is 2. The molecule has 0 bridgehead atoms. The molecule has 112 valence electrons. The molecule has 0 saturated carbocycles. The molecule has 0 heterocycles. The summed E-state index contributed by atoms with van der Waals surface area (Å²) in [7, 11) is 0. The summed E-state index contributed by atoms with van der Waals surface area (Å²) >= 11 is 0. The first-order valence-electron chi connectivity index (χ1n) is 7.03. The van der Waals surface area contributed by atoms with E-state index < -0.39 is 5.91 Å². The van der Waals surface area contributed by atoms with Crippen LogP contribution in [0.5, 0.6) is 0 Å². The molecule has 1 amide bonds. The summed E-state index contributed by atoms with van der Waals surface area (Å²) in [5.41, 5.74) is 6.54. The van der Waals surface area contributed by atoms with E-state index in [1.807, 2.05) is 6.07 Å². The second-order valence-corrected chi connectivity index (χ2v) is 6.20. The van der Waals surface area contributed by atoms with E-state index >= 15 is 0 Å². The van der Waals surface area contributed by atoms with Crippen LogP contribution in [0.2, 0.25) is 0 Å². The van der Waals surface area contributed by atoms with Crippen LogP contribution in [0.1, 0.15) is 38.8 Å². The fourth-order valence-corrected chi connectivity index (χ4v) is 2.08. The summed E-state index contributed by atoms with van der Waals surface area (Å²) in [5, 5.41) is 3.49. The van der Waals surface area contributed by atoms with Gasteiger partial charge in [0.1, 0.15) is 6.61 Å². The zero-order chi connectivity index (χ0) is 15.0. The van der Waals surface area contributed by atoms with Gasteiger partial charge in [0, 0.05) is 12.6 Å². The molecule has 0 radical (unpaired) electrons. The predicted molar refractivity (Wildman–Crippen MR) is 81.3 cm³/mol. The monoisotopic (exact) mass is 278 g/mol. The third-order valence-electron chi connectivity index (χ3n) is 2.90. The maximum Gasteiger partial charge on any atom is 0.243 e. The largest absolute Gasteiger partial charge is 0.370 e. The van der Waals surface area contributed by atoms with Crippen LogP contribution >= 0.6 is 0 Å². The van der Waals surface area contributed by atoms with Gasteiger partial charge in [0.2, 0.25) is 5.91 Å². The zero-order valence-electron chi connectivity index (χ0n) is 12.7. The number of carbonyl (C=O) groups excluding carboxylic acids is 1. The summed E-state index contributed by atoms with van der Waals surface area (Å²) in [6.07, 6.45) is 1.03. The van der Waals surface area contributed by atoms with Gasteiger partial charge in [-0.3, -0.25) is 4.79 Å². The number of carbonyl (C=O) groups is 1. The van der Waals surface area contributed by atoms with Crippen LogP contribution in [0.15, 0.2) is 30.3 Å². The number of nitrogens with two attached hydrogens (primary N) is 1. The lowest BCUT2D eigenvalue weighted by Gasteiger charge is -2.27. The highest BCUT2D eigenvalue weighted by Crippen LogP contribution is 2.29. The molecule has 0 aromatic heterocycles. The molecule has 1 rings (SSSR count). The maximum atomic E-state index is 10.6. The summed E-state index contributed by atoms with van der Waals surface area (Å²) in [5.74, 6) is -0.431. The minimum absolute atomic E-state index is 0.0169. The molecule has 1 aromatic carbocycles. The average molecular weight is 278 g/mol. The fourth-order valence-electron chi connectivity index (χ4n) is 2.08. The molecule has 0 aliphatic heterocycles. The van der Waals surface area contributed by atoms with E-state index in [0.717, 1.165) is 6.42 Å². The highest BCUT2D eigenvalue weighted by Gasteiger charge is 2.19. The van der Waals surface area contributed by atoms with E-state index in [2.05, 4.69) is 50.4 Å². The summed E-state index contributed by atoms with van der Waals surface area (Å²) in [6, 6.07) is 10.7. The molecule has 20 heavy (non-hydrogen) atoms. The Morgan fingerprint density at radius 1 is 1.30 bits per heavy atom. The van der Waals surface area contributed by atoms with Crippen molar-refractivity contribution >= 4 is 5.91 Å². The molecule has 0 aliphatic rings. The van der Waals surface area contributed by atoms with Crippen molar-refractivity contribution in [3.63, 3.8) is 0 Å². The Morgan fingerprint density at radius 2 is 1.95 bits per heavy atom. The van der Waals surface area contributed by atoms with Gasteiger partial charge in [-0.25, -0.2) is 0 Å². The second kappa shape index (κ2) is 8.02. The van der Waals surface area contributed by atoms with Crippen molar-refractivity contribution in [3.8, 4) is 0 Å². The number of ether oxygens (including phenoxy) is 1. The topological polar surface area (TPSA) is 64.3 Å². The van der Waals surface area contributed by atoms with Crippen LogP contribution in [0.25, 0.3) is 0 Å². The van der Waals surface area contributed by atoms with Crippen LogP contribution < -0.4 is 11.1 Å². The lowest BCUT2D eigenvalue weighted by molar-refractivity contribution is -0.122. The SMILES string of the molecule is CC(C)(C)CC(NCCOCC(N)=O)c1ccccc1. The van der Waals surface area contributed by atoms with Crippen LogP contribution in [0.4, 0.5) is 0 Å². The lowest BCUT2D eigenvalue weighted by atomic mass is 9.85. The van der Waals surface area contributed by atoms with E-state index in [9.17, 15) is 4.79 Å². The molecule has 0 aliphatic carbocycles. The third kappa shape index (κ3) is 7.26. The second-order valence-electron chi connectivity index (χ2n) is 6.20. The van der Waals surface area contributed by atoms with E-state index in [-0.39, 0.29) is 18.1 Å². The Kier molecular flexibility index (Phi) is 6.68. The van der Waals surface area contributed by atoms with Gasteiger partial charge < -0.3 is 15.8 Å². The first-order valence-corrected chi connectivity index (χ1v) is 7.03. The van der Waals surface area contributed by atoms with Gasteiger partial charge in [0.25, 0.3) is 0 Å². The summed E-state index contributed by atoms with van der Waals surface area (Å²) < 4.78 is 5.17.